The van der Waals surface area contributed by atoms with E-state index in [9.17, 15) is 4.79 Å². The first-order valence-electron chi connectivity index (χ1n) is 12.4. The summed E-state index contributed by atoms with van der Waals surface area (Å²) in [5.41, 5.74) is 5.07. The molecule has 0 saturated carbocycles. The fraction of sp³-hybridized carbons (Fsp3) is 0.129. The van der Waals surface area contributed by atoms with Gasteiger partial charge in [0.15, 0.2) is 0 Å². The van der Waals surface area contributed by atoms with Crippen molar-refractivity contribution in [3.8, 4) is 5.75 Å². The first-order chi connectivity index (χ1) is 18.6. The first kappa shape index (κ1) is 23.9. The summed E-state index contributed by atoms with van der Waals surface area (Å²) >= 11 is 6.46. The molecular formula is C31H25ClN4O2. The normalized spacial score (nSPS) is 15.2. The number of hydrogen-bond acceptors (Lipinski definition) is 4. The maximum absolute atomic E-state index is 14.2. The first-order valence-corrected chi connectivity index (χ1v) is 12.8. The van der Waals surface area contributed by atoms with Gasteiger partial charge in [-0.2, -0.15) is 5.10 Å². The smallest absolute Gasteiger partial charge is 0.252 e. The van der Waals surface area contributed by atoms with Gasteiger partial charge in [0.25, 0.3) is 5.91 Å². The molecule has 4 aromatic carbocycles. The van der Waals surface area contributed by atoms with Gasteiger partial charge in [-0.3, -0.25) is 14.9 Å². The number of nitrogens with zero attached hydrogens (tertiary/aromatic N) is 3. The van der Waals surface area contributed by atoms with Gasteiger partial charge in [0, 0.05) is 28.8 Å². The lowest BCUT2D eigenvalue weighted by Gasteiger charge is -2.26. The Labute approximate surface area is 225 Å². The maximum atomic E-state index is 14.2. The van der Waals surface area contributed by atoms with E-state index in [1.807, 2.05) is 59.5 Å². The summed E-state index contributed by atoms with van der Waals surface area (Å²) in [4.78, 5) is 21.1. The summed E-state index contributed by atoms with van der Waals surface area (Å²) in [6, 6.07) is 27.2. The van der Waals surface area contributed by atoms with E-state index in [-0.39, 0.29) is 5.91 Å². The van der Waals surface area contributed by atoms with E-state index in [4.69, 9.17) is 21.3 Å². The number of methoxy groups -OCH3 is 1. The fourth-order valence-corrected chi connectivity index (χ4v) is 5.09. The van der Waals surface area contributed by atoms with Crippen LogP contribution in [0.15, 0.2) is 102 Å². The van der Waals surface area contributed by atoms with Crippen LogP contribution in [0.1, 0.15) is 22.3 Å². The highest BCUT2D eigenvalue weighted by Gasteiger charge is 2.32. The Morgan fingerprint density at radius 3 is 2.50 bits per heavy atom. The van der Waals surface area contributed by atoms with Crippen molar-refractivity contribution in [1.82, 2.24) is 10.2 Å². The van der Waals surface area contributed by atoms with Crippen LogP contribution in [0.4, 0.5) is 5.69 Å². The second-order valence-corrected chi connectivity index (χ2v) is 9.74. The van der Waals surface area contributed by atoms with Crippen molar-refractivity contribution in [3.63, 3.8) is 0 Å². The largest absolute Gasteiger partial charge is 0.497 e. The quantitative estimate of drug-likeness (QED) is 0.289. The Hall–Kier alpha value is -4.42. The minimum Gasteiger partial charge on any atom is -0.497 e. The van der Waals surface area contributed by atoms with Crippen LogP contribution in [0.3, 0.4) is 0 Å². The number of hydrogen-bond donors (Lipinski definition) is 1. The van der Waals surface area contributed by atoms with Crippen molar-refractivity contribution in [2.75, 3.05) is 12.0 Å². The van der Waals surface area contributed by atoms with Crippen molar-refractivity contribution in [3.05, 3.63) is 125 Å². The molecular weight excluding hydrogens is 496 g/mol. The molecule has 1 N–H and O–H groups in total. The number of halogens is 1. The molecule has 1 aliphatic heterocycles. The van der Waals surface area contributed by atoms with E-state index in [1.165, 1.54) is 0 Å². The Bertz CT molecular complexity index is 1640. The number of ether oxygens (including phenoxy) is 1. The molecule has 1 unspecified atom stereocenters. The van der Waals surface area contributed by atoms with Crippen LogP contribution in [0, 0.1) is 0 Å². The molecule has 6 nitrogen and oxygen atoms in total. The number of aromatic amines is 1. The van der Waals surface area contributed by atoms with Gasteiger partial charge in [-0.1, -0.05) is 66.2 Å². The lowest BCUT2D eigenvalue weighted by atomic mass is 10.0. The Balaban J connectivity index is 1.46. The van der Waals surface area contributed by atoms with Gasteiger partial charge >= 0.3 is 0 Å². The number of benzene rings is 4. The summed E-state index contributed by atoms with van der Waals surface area (Å²) in [6.07, 6.45) is 3.98. The van der Waals surface area contributed by atoms with Crippen LogP contribution in [-0.2, 0) is 17.8 Å². The predicted molar refractivity (Wildman–Crippen MR) is 151 cm³/mol. The van der Waals surface area contributed by atoms with Crippen LogP contribution in [0.2, 0.25) is 5.02 Å². The molecule has 0 radical (unpaired) electrons. The zero-order valence-corrected chi connectivity index (χ0v) is 21.5. The molecule has 0 bridgehead atoms. The van der Waals surface area contributed by atoms with Crippen molar-refractivity contribution >= 4 is 39.7 Å². The molecule has 0 fully saturated rings. The minimum atomic E-state index is -0.634. The molecule has 188 valence electrons. The third-order valence-electron chi connectivity index (χ3n) is 6.85. The van der Waals surface area contributed by atoms with Gasteiger partial charge in [-0.05, 0) is 52.2 Å². The van der Waals surface area contributed by atoms with Gasteiger partial charge < -0.3 is 9.64 Å². The molecule has 5 aromatic rings. The third kappa shape index (κ3) is 4.66. The summed E-state index contributed by atoms with van der Waals surface area (Å²) < 4.78 is 5.32. The van der Waals surface area contributed by atoms with Crippen molar-refractivity contribution in [1.29, 1.82) is 0 Å². The monoisotopic (exact) mass is 520 g/mol. The summed E-state index contributed by atoms with van der Waals surface area (Å²) in [5, 5.41) is 9.89. The highest BCUT2D eigenvalue weighted by atomic mass is 35.5. The number of carbonyl (C=O) groups is 1. The van der Waals surface area contributed by atoms with Crippen LogP contribution in [-0.4, -0.2) is 35.0 Å². The van der Waals surface area contributed by atoms with E-state index in [1.54, 1.807) is 19.5 Å². The van der Waals surface area contributed by atoms with Gasteiger partial charge in [-0.15, -0.1) is 0 Å². The highest BCUT2D eigenvalue weighted by molar-refractivity contribution is 6.32. The zero-order valence-electron chi connectivity index (χ0n) is 20.8. The Morgan fingerprint density at radius 1 is 0.947 bits per heavy atom. The van der Waals surface area contributed by atoms with E-state index < -0.39 is 6.04 Å². The fourth-order valence-electron chi connectivity index (χ4n) is 4.92. The topological polar surface area (TPSA) is 70.6 Å². The van der Waals surface area contributed by atoms with Crippen LogP contribution in [0.25, 0.3) is 10.8 Å². The minimum absolute atomic E-state index is 0.0731. The number of amides is 1. The molecule has 7 heteroatoms. The molecule has 38 heavy (non-hydrogen) atoms. The van der Waals surface area contributed by atoms with E-state index >= 15 is 0 Å². The summed E-state index contributed by atoms with van der Waals surface area (Å²) in [7, 11) is 1.64. The van der Waals surface area contributed by atoms with E-state index in [0.29, 0.717) is 23.7 Å². The van der Waals surface area contributed by atoms with Crippen molar-refractivity contribution < 1.29 is 9.53 Å². The number of nitrogens with one attached hydrogen (secondary N) is 1. The average Bonchev–Trinajstić information content (AvgIpc) is 3.46. The number of benzodiazepines with no additional fused rings is 1. The predicted octanol–water partition coefficient (Wildman–Crippen LogP) is 6.22. The molecule has 1 aliphatic rings. The molecule has 6 rings (SSSR count). The summed E-state index contributed by atoms with van der Waals surface area (Å²) in [6.45, 7) is 0.389. The standard InChI is InChI=1S/C31H25ClN4O2/c1-38-26-11-7-20(8-12-26)19-36-29-13-10-25(32)16-27(29)30(24-17-33-34-18-24)35-28(31(36)37)15-21-6-9-22-4-2-3-5-23(22)14-21/h2-14,16-18,28H,15,19H2,1H3,(H,33,34). The summed E-state index contributed by atoms with van der Waals surface area (Å²) in [5.74, 6) is 0.693. The lowest BCUT2D eigenvalue weighted by Crippen LogP contribution is -2.38. The number of aliphatic imine (C=N–C) groups is 1. The number of H-pyrrole nitrogens is 1. The number of anilines is 1. The zero-order chi connectivity index (χ0) is 26.1. The van der Waals surface area contributed by atoms with Crippen molar-refractivity contribution in [2.45, 2.75) is 19.0 Å². The molecule has 0 aliphatic carbocycles. The van der Waals surface area contributed by atoms with Gasteiger partial charge in [0.2, 0.25) is 0 Å². The third-order valence-corrected chi connectivity index (χ3v) is 7.09. The molecule has 1 aromatic heterocycles. The second-order valence-electron chi connectivity index (χ2n) is 9.30. The molecule has 1 amide bonds. The van der Waals surface area contributed by atoms with Crippen molar-refractivity contribution in [2.24, 2.45) is 4.99 Å². The van der Waals surface area contributed by atoms with Gasteiger partial charge in [0.1, 0.15) is 11.8 Å². The van der Waals surface area contributed by atoms with Crippen LogP contribution >= 0.6 is 11.6 Å². The highest BCUT2D eigenvalue weighted by Crippen LogP contribution is 2.33. The Kier molecular flexibility index (Phi) is 6.40. The van der Waals surface area contributed by atoms with Gasteiger partial charge in [0.05, 0.1) is 31.3 Å². The number of rotatable bonds is 6. The molecule has 0 spiro atoms. The van der Waals surface area contributed by atoms with Gasteiger partial charge in [-0.25, -0.2) is 0 Å². The number of carbonyl (C=O) groups excluding carboxylic acids is 1. The number of aromatic nitrogens is 2. The molecule has 2 heterocycles. The molecule has 1 atom stereocenters. The van der Waals surface area contributed by atoms with Crippen LogP contribution < -0.4 is 9.64 Å². The molecule has 0 saturated heterocycles. The van der Waals surface area contributed by atoms with E-state index in [0.717, 1.165) is 44.5 Å². The number of fused-ring (bicyclic) bond motifs is 2. The average molecular weight is 521 g/mol. The Morgan fingerprint density at radius 2 is 1.74 bits per heavy atom. The lowest BCUT2D eigenvalue weighted by molar-refractivity contribution is -0.119. The second kappa shape index (κ2) is 10.1. The van der Waals surface area contributed by atoms with Crippen LogP contribution in [0.5, 0.6) is 5.75 Å². The SMILES string of the molecule is COc1ccc(CN2C(=O)C(Cc3ccc4ccccc4c3)N=C(c3cn[nH]c3)c3cc(Cl)ccc32)cc1. The maximum Gasteiger partial charge on any atom is 0.252 e. The van der Waals surface area contributed by atoms with E-state index in [2.05, 4.69) is 40.5 Å².